The minimum atomic E-state index is -0.546. The van der Waals surface area contributed by atoms with E-state index in [0.29, 0.717) is 28.6 Å². The molecule has 7 nitrogen and oxygen atoms in total. The third-order valence-corrected chi connectivity index (χ3v) is 4.57. The van der Waals surface area contributed by atoms with Gasteiger partial charge in [-0.15, -0.1) is 0 Å². The van der Waals surface area contributed by atoms with Crippen LogP contribution < -0.4 is 25.9 Å². The van der Waals surface area contributed by atoms with Crippen molar-refractivity contribution in [1.29, 1.82) is 0 Å². The van der Waals surface area contributed by atoms with Crippen LogP contribution in [0.4, 0.5) is 0 Å². The predicted octanol–water partition coefficient (Wildman–Crippen LogP) is 1.94. The van der Waals surface area contributed by atoms with E-state index in [1.165, 1.54) is 26.4 Å². The van der Waals surface area contributed by atoms with Gasteiger partial charge >= 0.3 is 0 Å². The van der Waals surface area contributed by atoms with Crippen molar-refractivity contribution in [2.24, 2.45) is 16.8 Å². The van der Waals surface area contributed by atoms with Crippen LogP contribution in [0.5, 0.6) is 11.5 Å². The number of nitrogens with zero attached hydrogens (tertiary/aromatic N) is 1. The largest absolute Gasteiger partial charge is 0.493 e. The average Bonchev–Trinajstić information content (AvgIpc) is 2.62. The zero-order valence-electron chi connectivity index (χ0n) is 15.2. The van der Waals surface area contributed by atoms with Gasteiger partial charge in [0.15, 0.2) is 23.2 Å². The minimum Gasteiger partial charge on any atom is -0.493 e. The summed E-state index contributed by atoms with van der Waals surface area (Å²) in [7, 11) is 1.52. The molecule has 0 bridgehead atoms. The molecule has 1 aromatic carbocycles. The predicted molar refractivity (Wildman–Crippen MR) is 106 cm³/mol. The maximum Gasteiger partial charge on any atom is 0.255 e. The van der Waals surface area contributed by atoms with Gasteiger partial charge < -0.3 is 20.5 Å². The molecule has 4 N–H and O–H groups in total. The van der Waals surface area contributed by atoms with Gasteiger partial charge in [-0.05, 0) is 54.7 Å². The number of primary amides is 1. The van der Waals surface area contributed by atoms with E-state index < -0.39 is 5.91 Å². The van der Waals surface area contributed by atoms with E-state index in [9.17, 15) is 4.79 Å². The summed E-state index contributed by atoms with van der Waals surface area (Å²) >= 11 is 5.31. The lowest BCUT2D eigenvalue weighted by molar-refractivity contribution is -0.119. The summed E-state index contributed by atoms with van der Waals surface area (Å²) in [6.45, 7) is 2.04. The highest BCUT2D eigenvalue weighted by molar-refractivity contribution is 7.80. The molecule has 0 heterocycles. The molecule has 8 heteroatoms. The quantitative estimate of drug-likeness (QED) is 0.381. The number of hydrogen-bond acceptors (Lipinski definition) is 5. The van der Waals surface area contributed by atoms with Crippen LogP contribution in [0.1, 0.15) is 38.2 Å². The standard InChI is InChI=1S/C18H26N4O3S/c1-12-5-3-4-6-14(12)21-18(26)22-20-10-13-7-8-15(16(9-13)24-2)25-11-17(19)23/h7-10,12,14H,3-6,11H2,1-2H3,(H2,19,23)(H2,21,22,26)/b20-10-/t12-,14-/m1/s1. The molecule has 1 aliphatic carbocycles. The Kier molecular flexibility index (Phi) is 7.65. The van der Waals surface area contributed by atoms with Crippen molar-refractivity contribution >= 4 is 29.5 Å². The van der Waals surface area contributed by atoms with Crippen molar-refractivity contribution in [3.8, 4) is 11.5 Å². The fourth-order valence-electron chi connectivity index (χ4n) is 2.93. The number of benzene rings is 1. The number of nitrogens with one attached hydrogen (secondary N) is 2. The molecule has 26 heavy (non-hydrogen) atoms. The van der Waals surface area contributed by atoms with E-state index in [0.717, 1.165) is 12.0 Å². The Labute approximate surface area is 159 Å². The number of carbonyl (C=O) groups is 1. The van der Waals surface area contributed by atoms with Crippen molar-refractivity contribution < 1.29 is 14.3 Å². The molecule has 0 spiro atoms. The highest BCUT2D eigenvalue weighted by Gasteiger charge is 2.21. The van der Waals surface area contributed by atoms with E-state index in [-0.39, 0.29) is 6.61 Å². The molecule has 1 aromatic rings. The molecule has 0 saturated heterocycles. The molecule has 0 aliphatic heterocycles. The number of thiocarbonyl (C=S) groups is 1. The third-order valence-electron chi connectivity index (χ3n) is 4.37. The second kappa shape index (κ2) is 9.96. The van der Waals surface area contributed by atoms with Crippen molar-refractivity contribution in [2.45, 2.75) is 38.6 Å². The molecule has 1 amide bonds. The van der Waals surface area contributed by atoms with Crippen LogP contribution in [0.25, 0.3) is 0 Å². The van der Waals surface area contributed by atoms with Gasteiger partial charge in [-0.2, -0.15) is 5.10 Å². The fourth-order valence-corrected chi connectivity index (χ4v) is 3.13. The summed E-state index contributed by atoms with van der Waals surface area (Å²) < 4.78 is 10.6. The summed E-state index contributed by atoms with van der Waals surface area (Å²) in [4.78, 5) is 10.8. The molecule has 2 atom stereocenters. The van der Waals surface area contributed by atoms with Gasteiger partial charge in [0.25, 0.3) is 5.91 Å². The molecule has 1 aliphatic rings. The Morgan fingerprint density at radius 1 is 1.38 bits per heavy atom. The Morgan fingerprint density at radius 2 is 2.15 bits per heavy atom. The number of rotatable bonds is 7. The normalized spacial score (nSPS) is 19.8. The number of ether oxygens (including phenoxy) is 2. The van der Waals surface area contributed by atoms with E-state index in [1.54, 1.807) is 24.4 Å². The molecule has 0 unspecified atom stereocenters. The average molecular weight is 378 g/mol. The molecule has 1 saturated carbocycles. The van der Waals surface area contributed by atoms with Crippen LogP contribution in [0.2, 0.25) is 0 Å². The van der Waals surface area contributed by atoms with Crippen LogP contribution >= 0.6 is 12.2 Å². The van der Waals surface area contributed by atoms with Crippen LogP contribution in [-0.4, -0.2) is 37.0 Å². The third kappa shape index (κ3) is 6.18. The number of hydrogen-bond donors (Lipinski definition) is 3. The highest BCUT2D eigenvalue weighted by Crippen LogP contribution is 2.27. The van der Waals surface area contributed by atoms with Gasteiger partial charge in [-0.25, -0.2) is 0 Å². The first-order valence-electron chi connectivity index (χ1n) is 8.68. The summed E-state index contributed by atoms with van der Waals surface area (Å²) in [6, 6.07) is 5.65. The summed E-state index contributed by atoms with van der Waals surface area (Å²) in [5, 5.41) is 8.02. The Morgan fingerprint density at radius 3 is 2.85 bits per heavy atom. The number of hydrazone groups is 1. The lowest BCUT2D eigenvalue weighted by Gasteiger charge is -2.30. The number of amides is 1. The fraction of sp³-hybridized carbons (Fsp3) is 0.500. The summed E-state index contributed by atoms with van der Waals surface area (Å²) in [6.07, 6.45) is 6.53. The molecule has 0 radical (unpaired) electrons. The maximum atomic E-state index is 10.8. The van der Waals surface area contributed by atoms with Gasteiger partial charge in [0, 0.05) is 6.04 Å². The first kappa shape index (κ1) is 20.0. The lowest BCUT2D eigenvalue weighted by Crippen LogP contribution is -2.44. The summed E-state index contributed by atoms with van der Waals surface area (Å²) in [5.41, 5.74) is 8.73. The van der Waals surface area contributed by atoms with Crippen LogP contribution in [0.3, 0.4) is 0 Å². The zero-order chi connectivity index (χ0) is 18.9. The molecule has 2 rings (SSSR count). The molecular weight excluding hydrogens is 352 g/mol. The highest BCUT2D eigenvalue weighted by atomic mass is 32.1. The lowest BCUT2D eigenvalue weighted by atomic mass is 9.86. The van der Waals surface area contributed by atoms with Gasteiger partial charge in [-0.1, -0.05) is 19.8 Å². The smallest absolute Gasteiger partial charge is 0.255 e. The van der Waals surface area contributed by atoms with Crippen molar-refractivity contribution in [2.75, 3.05) is 13.7 Å². The first-order chi connectivity index (χ1) is 12.5. The molecule has 0 aromatic heterocycles. The first-order valence-corrected chi connectivity index (χ1v) is 9.09. The Balaban J connectivity index is 1.88. The molecular formula is C18H26N4O3S. The number of nitrogens with two attached hydrogens (primary N) is 1. The van der Waals surface area contributed by atoms with Gasteiger partial charge in [0.2, 0.25) is 0 Å². The van der Waals surface area contributed by atoms with E-state index in [4.69, 9.17) is 27.4 Å². The van der Waals surface area contributed by atoms with Crippen molar-refractivity contribution in [1.82, 2.24) is 10.7 Å². The number of methoxy groups -OCH3 is 1. The molecule has 142 valence electrons. The zero-order valence-corrected chi connectivity index (χ0v) is 16.0. The van der Waals surface area contributed by atoms with Crippen LogP contribution in [0, 0.1) is 5.92 Å². The Hall–Kier alpha value is -2.35. The Bertz CT molecular complexity index is 666. The van der Waals surface area contributed by atoms with Crippen LogP contribution in [0.15, 0.2) is 23.3 Å². The SMILES string of the molecule is COc1cc(/C=N\NC(=S)N[C@@H]2CCCC[C@H]2C)ccc1OCC(N)=O. The van der Waals surface area contributed by atoms with Crippen molar-refractivity contribution in [3.05, 3.63) is 23.8 Å². The topological polar surface area (TPSA) is 98.0 Å². The van der Waals surface area contributed by atoms with E-state index in [2.05, 4.69) is 22.8 Å². The monoisotopic (exact) mass is 378 g/mol. The van der Waals surface area contributed by atoms with E-state index in [1.807, 2.05) is 0 Å². The van der Waals surface area contributed by atoms with Crippen molar-refractivity contribution in [3.63, 3.8) is 0 Å². The van der Waals surface area contributed by atoms with Gasteiger partial charge in [0.05, 0.1) is 13.3 Å². The number of carbonyl (C=O) groups excluding carboxylic acids is 1. The second-order valence-corrected chi connectivity index (χ2v) is 6.79. The van der Waals surface area contributed by atoms with E-state index >= 15 is 0 Å². The van der Waals surface area contributed by atoms with Crippen LogP contribution in [-0.2, 0) is 4.79 Å². The molecule has 1 fully saturated rings. The van der Waals surface area contributed by atoms with Gasteiger partial charge in [0.1, 0.15) is 0 Å². The second-order valence-electron chi connectivity index (χ2n) is 6.38. The summed E-state index contributed by atoms with van der Waals surface area (Å²) in [5.74, 6) is 1.01. The van der Waals surface area contributed by atoms with Gasteiger partial charge in [-0.3, -0.25) is 10.2 Å². The minimum absolute atomic E-state index is 0.203. The maximum absolute atomic E-state index is 10.8.